The first kappa shape index (κ1) is 14.8. The molecule has 0 aromatic rings. The Morgan fingerprint density at radius 2 is 2.21 bits per heavy atom. The van der Waals surface area contributed by atoms with Gasteiger partial charge < -0.3 is 4.74 Å². The Morgan fingerprint density at radius 1 is 1.47 bits per heavy atom. The van der Waals surface area contributed by atoms with Crippen LogP contribution < -0.4 is 5.32 Å². The molecule has 0 bridgehead atoms. The maximum absolute atomic E-state index is 9.70. The molecule has 2 rings (SSSR count). The van der Waals surface area contributed by atoms with Crippen LogP contribution in [0.4, 0.5) is 0 Å². The molecule has 2 fully saturated rings. The monoisotopic (exact) mass is 265 g/mol. The third-order valence-electron chi connectivity index (χ3n) is 4.14. The van der Waals surface area contributed by atoms with Crippen LogP contribution in [0, 0.1) is 17.2 Å². The van der Waals surface area contributed by atoms with Crippen LogP contribution in [0.25, 0.3) is 0 Å². The molecule has 0 spiro atoms. The van der Waals surface area contributed by atoms with E-state index in [1.54, 1.807) is 0 Å². The second kappa shape index (κ2) is 5.78. The van der Waals surface area contributed by atoms with E-state index in [9.17, 15) is 5.26 Å². The van der Waals surface area contributed by atoms with Crippen molar-refractivity contribution in [2.45, 2.75) is 51.2 Å². The van der Waals surface area contributed by atoms with Crippen LogP contribution in [0.1, 0.15) is 40.0 Å². The lowest BCUT2D eigenvalue weighted by Gasteiger charge is -2.42. The third-order valence-corrected chi connectivity index (χ3v) is 4.14. The molecule has 1 saturated carbocycles. The average molecular weight is 265 g/mol. The SMILES string of the molecule is CCCNC(C#N)(CN1CCOC(C)(C)C1)C1CC1. The highest BCUT2D eigenvalue weighted by atomic mass is 16.5. The predicted octanol–water partition coefficient (Wildman–Crippen LogP) is 1.77. The second-order valence-corrected chi connectivity index (χ2v) is 6.60. The van der Waals surface area contributed by atoms with Gasteiger partial charge in [0.1, 0.15) is 5.54 Å². The number of hydrogen-bond acceptors (Lipinski definition) is 4. The van der Waals surface area contributed by atoms with Gasteiger partial charge in [-0.2, -0.15) is 5.26 Å². The smallest absolute Gasteiger partial charge is 0.122 e. The van der Waals surface area contributed by atoms with Gasteiger partial charge in [0.05, 0.1) is 18.3 Å². The fraction of sp³-hybridized carbons (Fsp3) is 0.933. The molecule has 0 amide bonds. The van der Waals surface area contributed by atoms with Gasteiger partial charge in [0, 0.05) is 19.6 Å². The van der Waals surface area contributed by atoms with Crippen LogP contribution >= 0.6 is 0 Å². The summed E-state index contributed by atoms with van der Waals surface area (Å²) in [7, 11) is 0. The molecule has 1 heterocycles. The summed E-state index contributed by atoms with van der Waals surface area (Å²) in [4.78, 5) is 2.40. The minimum atomic E-state index is -0.344. The van der Waals surface area contributed by atoms with Crippen molar-refractivity contribution in [1.82, 2.24) is 10.2 Å². The van der Waals surface area contributed by atoms with E-state index in [1.807, 2.05) is 0 Å². The molecule has 1 unspecified atom stereocenters. The topological polar surface area (TPSA) is 48.3 Å². The summed E-state index contributed by atoms with van der Waals surface area (Å²) in [6.07, 6.45) is 3.46. The van der Waals surface area contributed by atoms with Crippen LogP contribution in [-0.2, 0) is 4.74 Å². The molecule has 4 heteroatoms. The van der Waals surface area contributed by atoms with Gasteiger partial charge in [0.15, 0.2) is 0 Å². The molecule has 1 atom stereocenters. The Labute approximate surface area is 117 Å². The molecule has 2 aliphatic rings. The Kier molecular flexibility index (Phi) is 4.50. The Balaban J connectivity index is 2.01. The van der Waals surface area contributed by atoms with Crippen LogP contribution in [0.15, 0.2) is 0 Å². The van der Waals surface area contributed by atoms with Crippen molar-refractivity contribution >= 4 is 0 Å². The van der Waals surface area contributed by atoms with Crippen LogP contribution in [0.3, 0.4) is 0 Å². The summed E-state index contributed by atoms with van der Waals surface area (Å²) in [5.74, 6) is 0.537. The lowest BCUT2D eigenvalue weighted by molar-refractivity contribution is -0.0901. The molecular formula is C15H27N3O. The molecule has 1 aliphatic heterocycles. The Bertz CT molecular complexity index is 346. The highest BCUT2D eigenvalue weighted by Crippen LogP contribution is 2.40. The standard InChI is InChI=1S/C15H27N3O/c1-4-7-17-15(10-16,13-5-6-13)12-18-8-9-19-14(2,3)11-18/h13,17H,4-9,11-12H2,1-3H3. The van der Waals surface area contributed by atoms with Crippen molar-refractivity contribution in [3.8, 4) is 6.07 Å². The molecule has 1 aliphatic carbocycles. The van der Waals surface area contributed by atoms with Crippen molar-refractivity contribution < 1.29 is 4.74 Å². The molecule has 1 N–H and O–H groups in total. The summed E-state index contributed by atoms with van der Waals surface area (Å²) in [6, 6.07) is 2.59. The zero-order chi connectivity index (χ0) is 13.9. The van der Waals surface area contributed by atoms with E-state index < -0.39 is 0 Å². The number of nitrogens with one attached hydrogen (secondary N) is 1. The molecule has 0 radical (unpaired) electrons. The van der Waals surface area contributed by atoms with E-state index in [0.29, 0.717) is 5.92 Å². The Hall–Kier alpha value is -0.630. The second-order valence-electron chi connectivity index (χ2n) is 6.60. The van der Waals surface area contributed by atoms with Gasteiger partial charge in [-0.1, -0.05) is 6.92 Å². The van der Waals surface area contributed by atoms with Gasteiger partial charge in [-0.25, -0.2) is 0 Å². The minimum absolute atomic E-state index is 0.0895. The van der Waals surface area contributed by atoms with Crippen molar-refractivity contribution in [3.05, 3.63) is 0 Å². The quantitative estimate of drug-likeness (QED) is 0.795. The van der Waals surface area contributed by atoms with Crippen LogP contribution in [0.5, 0.6) is 0 Å². The highest BCUT2D eigenvalue weighted by Gasteiger charge is 2.47. The maximum Gasteiger partial charge on any atom is 0.122 e. The summed E-state index contributed by atoms with van der Waals surface area (Å²) in [6.45, 7) is 10.8. The number of hydrogen-bond donors (Lipinski definition) is 1. The molecular weight excluding hydrogens is 238 g/mol. The van der Waals surface area contributed by atoms with Gasteiger partial charge >= 0.3 is 0 Å². The van der Waals surface area contributed by atoms with Crippen LogP contribution in [-0.4, -0.2) is 48.8 Å². The fourth-order valence-electron chi connectivity index (χ4n) is 3.02. The summed E-state index contributed by atoms with van der Waals surface area (Å²) in [5.41, 5.74) is -0.433. The zero-order valence-corrected chi connectivity index (χ0v) is 12.5. The summed E-state index contributed by atoms with van der Waals surface area (Å²) < 4.78 is 5.76. The molecule has 1 saturated heterocycles. The van der Waals surface area contributed by atoms with Crippen molar-refractivity contribution in [1.29, 1.82) is 5.26 Å². The minimum Gasteiger partial charge on any atom is -0.373 e. The van der Waals surface area contributed by atoms with Crippen molar-refractivity contribution in [2.75, 3.05) is 32.8 Å². The number of nitriles is 1. The van der Waals surface area contributed by atoms with E-state index in [1.165, 1.54) is 12.8 Å². The largest absolute Gasteiger partial charge is 0.373 e. The summed E-state index contributed by atoms with van der Waals surface area (Å²) in [5, 5.41) is 13.2. The number of morpholine rings is 1. The maximum atomic E-state index is 9.70. The molecule has 4 nitrogen and oxygen atoms in total. The van der Waals surface area contributed by atoms with Crippen LogP contribution in [0.2, 0.25) is 0 Å². The highest BCUT2D eigenvalue weighted by molar-refractivity contribution is 5.17. The zero-order valence-electron chi connectivity index (χ0n) is 12.5. The number of nitrogens with zero attached hydrogens (tertiary/aromatic N) is 2. The van der Waals surface area contributed by atoms with Gasteiger partial charge in [-0.3, -0.25) is 10.2 Å². The van der Waals surface area contributed by atoms with E-state index in [2.05, 4.69) is 37.1 Å². The van der Waals surface area contributed by atoms with Gasteiger partial charge in [-0.05, 0) is 45.6 Å². The molecule has 108 valence electrons. The van der Waals surface area contributed by atoms with Gasteiger partial charge in [-0.15, -0.1) is 0 Å². The first-order valence-corrected chi connectivity index (χ1v) is 7.54. The fourth-order valence-corrected chi connectivity index (χ4v) is 3.02. The van der Waals surface area contributed by atoms with Crippen molar-refractivity contribution in [3.63, 3.8) is 0 Å². The molecule has 19 heavy (non-hydrogen) atoms. The van der Waals surface area contributed by atoms with Crippen molar-refractivity contribution in [2.24, 2.45) is 5.92 Å². The number of rotatable bonds is 6. The van der Waals surface area contributed by atoms with E-state index in [0.717, 1.165) is 39.2 Å². The van der Waals surface area contributed by atoms with E-state index in [4.69, 9.17) is 4.74 Å². The first-order chi connectivity index (χ1) is 9.01. The van der Waals surface area contributed by atoms with E-state index >= 15 is 0 Å². The molecule has 0 aromatic heterocycles. The van der Waals surface area contributed by atoms with Gasteiger partial charge in [0.2, 0.25) is 0 Å². The number of ether oxygens (including phenoxy) is 1. The van der Waals surface area contributed by atoms with E-state index in [-0.39, 0.29) is 11.1 Å². The Morgan fingerprint density at radius 3 is 2.74 bits per heavy atom. The lowest BCUT2D eigenvalue weighted by Crippen LogP contribution is -2.59. The first-order valence-electron chi connectivity index (χ1n) is 7.54. The average Bonchev–Trinajstić information content (AvgIpc) is 3.18. The van der Waals surface area contributed by atoms with Gasteiger partial charge in [0.25, 0.3) is 0 Å². The predicted molar refractivity (Wildman–Crippen MR) is 75.8 cm³/mol. The lowest BCUT2D eigenvalue weighted by atomic mass is 9.92. The molecule has 0 aromatic carbocycles. The normalized spacial score (nSPS) is 26.6. The summed E-state index contributed by atoms with van der Waals surface area (Å²) >= 11 is 0. The third kappa shape index (κ3) is 3.68.